The van der Waals surface area contributed by atoms with E-state index in [-0.39, 0.29) is 0 Å². The lowest BCUT2D eigenvalue weighted by atomic mass is 10.0. The molecule has 1 nitrogen and oxygen atoms in total. The van der Waals surface area contributed by atoms with Crippen LogP contribution in [0, 0.1) is 0 Å². The van der Waals surface area contributed by atoms with Crippen molar-refractivity contribution >= 4 is 11.3 Å². The maximum absolute atomic E-state index is 5.10. The van der Waals surface area contributed by atoms with Crippen LogP contribution in [0.3, 0.4) is 0 Å². The minimum absolute atomic E-state index is 0.848. The molecule has 0 amide bonds. The van der Waals surface area contributed by atoms with Crippen LogP contribution in [0.2, 0.25) is 0 Å². The number of ether oxygens (including phenoxy) is 1. The van der Waals surface area contributed by atoms with Crippen molar-refractivity contribution in [1.29, 1.82) is 0 Å². The molecule has 2 heteroatoms. The second-order valence-corrected chi connectivity index (χ2v) is 4.92. The van der Waals surface area contributed by atoms with E-state index >= 15 is 0 Å². The summed E-state index contributed by atoms with van der Waals surface area (Å²) in [5, 5.41) is 4.54. The quantitative estimate of drug-likeness (QED) is 0.702. The third-order valence-electron chi connectivity index (χ3n) is 2.87. The SMILES string of the molecule is COCCCc1cscc1Cc1ccccc1. The molecule has 0 saturated carbocycles. The molecule has 0 saturated heterocycles. The predicted molar refractivity (Wildman–Crippen MR) is 73.8 cm³/mol. The lowest BCUT2D eigenvalue weighted by molar-refractivity contribution is 0.195. The molecule has 17 heavy (non-hydrogen) atoms. The molecule has 0 bridgehead atoms. The summed E-state index contributed by atoms with van der Waals surface area (Å²) in [5.74, 6) is 0. The highest BCUT2D eigenvalue weighted by atomic mass is 32.1. The number of thiophene rings is 1. The fourth-order valence-corrected chi connectivity index (χ4v) is 2.85. The van der Waals surface area contributed by atoms with Gasteiger partial charge in [0.2, 0.25) is 0 Å². The Bertz CT molecular complexity index is 433. The molecule has 1 aromatic heterocycles. The summed E-state index contributed by atoms with van der Waals surface area (Å²) >= 11 is 1.80. The van der Waals surface area contributed by atoms with E-state index in [4.69, 9.17) is 4.74 Å². The number of aryl methyl sites for hydroxylation is 1. The van der Waals surface area contributed by atoms with Crippen LogP contribution in [-0.4, -0.2) is 13.7 Å². The van der Waals surface area contributed by atoms with E-state index < -0.39 is 0 Å². The van der Waals surface area contributed by atoms with Crippen molar-refractivity contribution in [2.75, 3.05) is 13.7 Å². The zero-order valence-corrected chi connectivity index (χ0v) is 11.0. The van der Waals surface area contributed by atoms with Gasteiger partial charge < -0.3 is 4.74 Å². The topological polar surface area (TPSA) is 9.23 Å². The third kappa shape index (κ3) is 3.69. The Morgan fingerprint density at radius 1 is 1.06 bits per heavy atom. The molecule has 0 aliphatic rings. The summed E-state index contributed by atoms with van der Waals surface area (Å²) in [6.45, 7) is 0.848. The van der Waals surface area contributed by atoms with Crippen LogP contribution >= 0.6 is 11.3 Å². The fourth-order valence-electron chi connectivity index (χ4n) is 1.95. The summed E-state index contributed by atoms with van der Waals surface area (Å²) < 4.78 is 5.10. The van der Waals surface area contributed by atoms with E-state index in [9.17, 15) is 0 Å². The first-order valence-electron chi connectivity index (χ1n) is 5.97. The molecule has 1 aromatic carbocycles. The number of methoxy groups -OCH3 is 1. The minimum Gasteiger partial charge on any atom is -0.385 e. The van der Waals surface area contributed by atoms with Crippen LogP contribution in [-0.2, 0) is 17.6 Å². The van der Waals surface area contributed by atoms with Crippen molar-refractivity contribution in [3.8, 4) is 0 Å². The maximum Gasteiger partial charge on any atom is 0.0465 e. The van der Waals surface area contributed by atoms with Crippen LogP contribution in [0.4, 0.5) is 0 Å². The Labute approximate surface area is 107 Å². The number of benzene rings is 1. The molecule has 1 heterocycles. The first kappa shape index (κ1) is 12.3. The van der Waals surface area contributed by atoms with Gasteiger partial charge in [-0.3, -0.25) is 0 Å². The van der Waals surface area contributed by atoms with Gasteiger partial charge in [-0.05, 0) is 46.7 Å². The van der Waals surface area contributed by atoms with Gasteiger partial charge in [-0.15, -0.1) is 0 Å². The summed E-state index contributed by atoms with van der Waals surface area (Å²) in [4.78, 5) is 0. The molecule has 0 spiro atoms. The van der Waals surface area contributed by atoms with Crippen molar-refractivity contribution in [3.63, 3.8) is 0 Å². The molecular weight excluding hydrogens is 228 g/mol. The van der Waals surface area contributed by atoms with Crippen LogP contribution in [0.25, 0.3) is 0 Å². The predicted octanol–water partition coefficient (Wildman–Crippen LogP) is 3.92. The first-order valence-corrected chi connectivity index (χ1v) is 6.91. The maximum atomic E-state index is 5.10. The van der Waals surface area contributed by atoms with Crippen molar-refractivity contribution in [2.45, 2.75) is 19.3 Å². The third-order valence-corrected chi connectivity index (χ3v) is 3.71. The normalized spacial score (nSPS) is 10.6. The molecule has 0 fully saturated rings. The minimum atomic E-state index is 0.848. The van der Waals surface area contributed by atoms with Crippen LogP contribution < -0.4 is 0 Å². The van der Waals surface area contributed by atoms with E-state index in [0.717, 1.165) is 25.9 Å². The molecule has 0 radical (unpaired) electrons. The number of hydrogen-bond donors (Lipinski definition) is 0. The largest absolute Gasteiger partial charge is 0.385 e. The van der Waals surface area contributed by atoms with Gasteiger partial charge in [0, 0.05) is 13.7 Å². The molecule has 0 atom stereocenters. The van der Waals surface area contributed by atoms with Gasteiger partial charge in [0.15, 0.2) is 0 Å². The monoisotopic (exact) mass is 246 g/mol. The number of hydrogen-bond acceptors (Lipinski definition) is 2. The molecule has 0 unspecified atom stereocenters. The molecule has 0 aliphatic heterocycles. The highest BCUT2D eigenvalue weighted by Crippen LogP contribution is 2.20. The molecular formula is C15H18OS. The fraction of sp³-hybridized carbons (Fsp3) is 0.333. The summed E-state index contributed by atoms with van der Waals surface area (Å²) in [6, 6.07) is 10.7. The smallest absolute Gasteiger partial charge is 0.0465 e. The first-order chi connectivity index (χ1) is 8.40. The molecule has 0 N–H and O–H groups in total. The zero-order valence-electron chi connectivity index (χ0n) is 10.2. The lowest BCUT2D eigenvalue weighted by Crippen LogP contribution is -1.95. The molecule has 90 valence electrons. The van der Waals surface area contributed by atoms with E-state index in [1.165, 1.54) is 16.7 Å². The Kier molecular flexibility index (Phi) is 4.77. The zero-order chi connectivity index (χ0) is 11.9. The van der Waals surface area contributed by atoms with Gasteiger partial charge in [-0.2, -0.15) is 11.3 Å². The van der Waals surface area contributed by atoms with Crippen LogP contribution in [0.15, 0.2) is 41.1 Å². The summed E-state index contributed by atoms with van der Waals surface area (Å²) in [5.41, 5.74) is 4.34. The van der Waals surface area contributed by atoms with Gasteiger partial charge in [-0.25, -0.2) is 0 Å². The van der Waals surface area contributed by atoms with Crippen molar-refractivity contribution in [1.82, 2.24) is 0 Å². The van der Waals surface area contributed by atoms with Crippen molar-refractivity contribution < 1.29 is 4.74 Å². The molecule has 2 aromatic rings. The molecule has 0 aliphatic carbocycles. The number of rotatable bonds is 6. The average molecular weight is 246 g/mol. The van der Waals surface area contributed by atoms with Gasteiger partial charge >= 0.3 is 0 Å². The Balaban J connectivity index is 1.99. The van der Waals surface area contributed by atoms with Gasteiger partial charge in [0.05, 0.1) is 0 Å². The highest BCUT2D eigenvalue weighted by molar-refractivity contribution is 7.08. The average Bonchev–Trinajstić information content (AvgIpc) is 2.79. The van der Waals surface area contributed by atoms with Gasteiger partial charge in [0.1, 0.15) is 0 Å². The lowest BCUT2D eigenvalue weighted by Gasteiger charge is -2.04. The molecule has 2 rings (SSSR count). The second kappa shape index (κ2) is 6.58. The van der Waals surface area contributed by atoms with Gasteiger partial charge in [-0.1, -0.05) is 30.3 Å². The van der Waals surface area contributed by atoms with E-state index in [0.29, 0.717) is 0 Å². The Morgan fingerprint density at radius 2 is 1.82 bits per heavy atom. The standard InChI is InChI=1S/C15H18OS/c1-16-9-5-8-14-11-17-12-15(14)10-13-6-3-2-4-7-13/h2-4,6-7,11-12H,5,8-10H2,1H3. The van der Waals surface area contributed by atoms with Crippen molar-refractivity contribution in [3.05, 3.63) is 57.8 Å². The van der Waals surface area contributed by atoms with E-state index in [1.807, 2.05) is 0 Å². The van der Waals surface area contributed by atoms with Gasteiger partial charge in [0.25, 0.3) is 0 Å². The second-order valence-electron chi connectivity index (χ2n) is 4.18. The van der Waals surface area contributed by atoms with Crippen LogP contribution in [0.5, 0.6) is 0 Å². The van der Waals surface area contributed by atoms with Crippen molar-refractivity contribution in [2.24, 2.45) is 0 Å². The van der Waals surface area contributed by atoms with Crippen LogP contribution in [0.1, 0.15) is 23.1 Å². The highest BCUT2D eigenvalue weighted by Gasteiger charge is 2.04. The Morgan fingerprint density at radius 3 is 2.59 bits per heavy atom. The summed E-state index contributed by atoms with van der Waals surface area (Å²) in [7, 11) is 1.76. The van der Waals surface area contributed by atoms with E-state index in [1.54, 1.807) is 18.4 Å². The Hall–Kier alpha value is -1.12. The van der Waals surface area contributed by atoms with E-state index in [2.05, 4.69) is 41.1 Å². The summed E-state index contributed by atoms with van der Waals surface area (Å²) in [6.07, 6.45) is 3.28.